The second-order valence-electron chi connectivity index (χ2n) is 8.92. The molecule has 1 fully saturated rings. The number of nitrogens with one attached hydrogen (secondary N) is 1. The van der Waals surface area contributed by atoms with Gasteiger partial charge in [-0.05, 0) is 44.0 Å². The summed E-state index contributed by atoms with van der Waals surface area (Å²) in [7, 11) is 0. The number of hydrogen-bond donors (Lipinski definition) is 1. The third kappa shape index (κ3) is 4.48. The second-order valence-corrected chi connectivity index (χ2v) is 8.92. The van der Waals surface area contributed by atoms with E-state index in [0.717, 1.165) is 12.0 Å². The van der Waals surface area contributed by atoms with E-state index in [0.29, 0.717) is 61.7 Å². The van der Waals surface area contributed by atoms with E-state index in [9.17, 15) is 18.4 Å². The van der Waals surface area contributed by atoms with Crippen LogP contribution in [-0.4, -0.2) is 48.6 Å². The Kier molecular flexibility index (Phi) is 6.54. The van der Waals surface area contributed by atoms with Crippen LogP contribution in [0, 0.1) is 18.6 Å². The Morgan fingerprint density at radius 1 is 0.944 bits per heavy atom. The Morgan fingerprint density at radius 3 is 2.36 bits per heavy atom. The highest BCUT2D eigenvalue weighted by molar-refractivity contribution is 6.07. The van der Waals surface area contributed by atoms with Crippen LogP contribution in [0.1, 0.15) is 50.6 Å². The molecule has 1 N–H and O–H groups in total. The van der Waals surface area contributed by atoms with Gasteiger partial charge in [0.1, 0.15) is 17.4 Å². The van der Waals surface area contributed by atoms with Crippen molar-refractivity contribution in [2.75, 3.05) is 31.1 Å². The molecule has 2 aromatic carbocycles. The maximum Gasteiger partial charge on any atom is 0.289 e. The van der Waals surface area contributed by atoms with Gasteiger partial charge in [0.15, 0.2) is 5.76 Å². The van der Waals surface area contributed by atoms with Crippen molar-refractivity contribution in [2.24, 2.45) is 5.10 Å². The molecule has 0 unspecified atom stereocenters. The van der Waals surface area contributed by atoms with Crippen molar-refractivity contribution in [2.45, 2.75) is 26.2 Å². The molecular formula is C27H26F2N4O3. The van der Waals surface area contributed by atoms with Gasteiger partial charge in [0.2, 0.25) is 0 Å². The second kappa shape index (κ2) is 9.93. The quantitative estimate of drug-likeness (QED) is 0.551. The number of amides is 2. The molecule has 2 amide bonds. The average molecular weight is 493 g/mol. The van der Waals surface area contributed by atoms with Crippen molar-refractivity contribution in [3.63, 3.8) is 0 Å². The van der Waals surface area contributed by atoms with E-state index in [1.807, 2.05) is 11.8 Å². The number of furan rings is 1. The highest BCUT2D eigenvalue weighted by Gasteiger charge is 2.32. The normalized spacial score (nSPS) is 16.7. The molecule has 1 aliphatic heterocycles. The number of aryl methyl sites for hydroxylation is 1. The minimum Gasteiger partial charge on any atom is -0.455 e. The van der Waals surface area contributed by atoms with Gasteiger partial charge in [0, 0.05) is 43.7 Å². The van der Waals surface area contributed by atoms with Gasteiger partial charge >= 0.3 is 0 Å². The lowest BCUT2D eigenvalue weighted by Gasteiger charge is -2.35. The summed E-state index contributed by atoms with van der Waals surface area (Å²) in [5.74, 6) is -0.842. The standard InChI is InChI=1S/C27H26F2N4O3/c1-17-24-21(30-31-26(34)18-7-2-3-8-19(18)28)10-6-12-23(24)36-25(17)27(35)33-15-13-32(14-16-33)22-11-5-4-9-20(22)29/h2-5,7-9,11H,6,10,12-16H2,1H3,(H,31,34)/b30-21+. The Morgan fingerprint density at radius 2 is 1.64 bits per heavy atom. The fraction of sp³-hybridized carbons (Fsp3) is 0.296. The Bertz CT molecular complexity index is 1340. The lowest BCUT2D eigenvalue weighted by atomic mass is 9.93. The SMILES string of the molecule is Cc1c(C(=O)N2CCN(c3ccccc3F)CC2)oc2c1/C(=N/NC(=O)c1ccccc1F)CCC2. The lowest BCUT2D eigenvalue weighted by molar-refractivity contribution is 0.0711. The monoisotopic (exact) mass is 492 g/mol. The molecule has 0 saturated carbocycles. The van der Waals surface area contributed by atoms with Gasteiger partial charge in [-0.25, -0.2) is 14.2 Å². The minimum absolute atomic E-state index is 0.0906. The molecular weight excluding hydrogens is 466 g/mol. The molecule has 1 saturated heterocycles. The molecule has 5 rings (SSSR count). The highest BCUT2D eigenvalue weighted by Crippen LogP contribution is 2.31. The van der Waals surface area contributed by atoms with E-state index in [-0.39, 0.29) is 23.0 Å². The topological polar surface area (TPSA) is 78.2 Å². The molecule has 1 aliphatic carbocycles. The van der Waals surface area contributed by atoms with Gasteiger partial charge in [-0.1, -0.05) is 24.3 Å². The first-order valence-corrected chi connectivity index (χ1v) is 12.0. The number of halogens is 2. The predicted octanol–water partition coefficient (Wildman–Crippen LogP) is 4.30. The van der Waals surface area contributed by atoms with Gasteiger partial charge in [0.25, 0.3) is 11.8 Å². The van der Waals surface area contributed by atoms with Crippen molar-refractivity contribution < 1.29 is 22.8 Å². The van der Waals surface area contributed by atoms with E-state index in [4.69, 9.17) is 4.42 Å². The number of anilines is 1. The number of benzene rings is 2. The summed E-state index contributed by atoms with van der Waals surface area (Å²) in [6.07, 6.45) is 2.01. The zero-order valence-corrected chi connectivity index (χ0v) is 19.9. The smallest absolute Gasteiger partial charge is 0.289 e. The molecule has 36 heavy (non-hydrogen) atoms. The molecule has 0 radical (unpaired) electrons. The number of hydrogen-bond acceptors (Lipinski definition) is 5. The van der Waals surface area contributed by atoms with Crippen LogP contribution < -0.4 is 10.3 Å². The molecule has 2 aliphatic rings. The van der Waals surface area contributed by atoms with Crippen LogP contribution >= 0.6 is 0 Å². The molecule has 0 bridgehead atoms. The van der Waals surface area contributed by atoms with Crippen LogP contribution in [-0.2, 0) is 6.42 Å². The first-order chi connectivity index (χ1) is 17.4. The van der Waals surface area contributed by atoms with E-state index in [1.54, 1.807) is 29.2 Å². The van der Waals surface area contributed by atoms with Gasteiger partial charge < -0.3 is 14.2 Å². The molecule has 1 aromatic heterocycles. The first-order valence-electron chi connectivity index (χ1n) is 12.0. The fourth-order valence-corrected chi connectivity index (χ4v) is 4.81. The van der Waals surface area contributed by atoms with E-state index < -0.39 is 11.7 Å². The van der Waals surface area contributed by atoms with Gasteiger partial charge in [-0.3, -0.25) is 9.59 Å². The van der Waals surface area contributed by atoms with Crippen molar-refractivity contribution >= 4 is 23.2 Å². The number of hydrazone groups is 1. The van der Waals surface area contributed by atoms with Crippen LogP contribution in [0.3, 0.4) is 0 Å². The zero-order chi connectivity index (χ0) is 25.2. The molecule has 9 heteroatoms. The Balaban J connectivity index is 1.31. The molecule has 0 spiro atoms. The zero-order valence-electron chi connectivity index (χ0n) is 19.9. The van der Waals surface area contributed by atoms with Crippen molar-refractivity contribution in [3.05, 3.63) is 88.4 Å². The third-order valence-corrected chi connectivity index (χ3v) is 6.69. The third-order valence-electron chi connectivity index (χ3n) is 6.69. The number of rotatable bonds is 4. The fourth-order valence-electron chi connectivity index (χ4n) is 4.81. The molecule has 7 nitrogen and oxygen atoms in total. The summed E-state index contributed by atoms with van der Waals surface area (Å²) in [4.78, 5) is 29.4. The summed E-state index contributed by atoms with van der Waals surface area (Å²) in [6, 6.07) is 12.3. The lowest BCUT2D eigenvalue weighted by Crippen LogP contribution is -2.49. The molecule has 2 heterocycles. The van der Waals surface area contributed by atoms with Crippen LogP contribution in [0.25, 0.3) is 0 Å². The summed E-state index contributed by atoms with van der Waals surface area (Å²) >= 11 is 0. The minimum atomic E-state index is -0.641. The molecule has 186 valence electrons. The summed E-state index contributed by atoms with van der Waals surface area (Å²) in [5, 5.41) is 4.26. The number of para-hydroxylation sites is 1. The Hall–Kier alpha value is -4.01. The van der Waals surface area contributed by atoms with Gasteiger partial charge in [0.05, 0.1) is 17.0 Å². The maximum atomic E-state index is 14.2. The molecule has 0 atom stereocenters. The van der Waals surface area contributed by atoms with Crippen LogP contribution in [0.2, 0.25) is 0 Å². The summed E-state index contributed by atoms with van der Waals surface area (Å²) in [6.45, 7) is 3.72. The maximum absolute atomic E-state index is 14.2. The Labute approximate surface area is 207 Å². The van der Waals surface area contributed by atoms with Crippen molar-refractivity contribution in [1.82, 2.24) is 10.3 Å². The van der Waals surface area contributed by atoms with E-state index in [1.165, 1.54) is 24.3 Å². The molecule has 3 aromatic rings. The number of fused-ring (bicyclic) bond motifs is 1. The number of piperazine rings is 1. The predicted molar refractivity (Wildman–Crippen MR) is 131 cm³/mol. The first kappa shape index (κ1) is 23.7. The van der Waals surface area contributed by atoms with Gasteiger partial charge in [-0.2, -0.15) is 5.10 Å². The van der Waals surface area contributed by atoms with Crippen LogP contribution in [0.5, 0.6) is 0 Å². The largest absolute Gasteiger partial charge is 0.455 e. The van der Waals surface area contributed by atoms with Crippen molar-refractivity contribution in [3.8, 4) is 0 Å². The van der Waals surface area contributed by atoms with Gasteiger partial charge in [-0.15, -0.1) is 0 Å². The average Bonchev–Trinajstić information content (AvgIpc) is 3.24. The summed E-state index contributed by atoms with van der Waals surface area (Å²) < 4.78 is 34.1. The number of carbonyl (C=O) groups excluding carboxylic acids is 2. The van der Waals surface area contributed by atoms with Crippen LogP contribution in [0.15, 0.2) is 58.0 Å². The van der Waals surface area contributed by atoms with Crippen molar-refractivity contribution in [1.29, 1.82) is 0 Å². The highest BCUT2D eigenvalue weighted by atomic mass is 19.1. The van der Waals surface area contributed by atoms with E-state index in [2.05, 4.69) is 10.5 Å². The number of nitrogens with zero attached hydrogens (tertiary/aromatic N) is 3. The summed E-state index contributed by atoms with van der Waals surface area (Å²) in [5.41, 5.74) is 4.88. The van der Waals surface area contributed by atoms with Crippen LogP contribution in [0.4, 0.5) is 14.5 Å². The number of carbonyl (C=O) groups is 2. The van der Waals surface area contributed by atoms with E-state index >= 15 is 0 Å².